The number of carbonyl (C=O) groups excluding carboxylic acids is 1. The molecule has 30 heavy (non-hydrogen) atoms. The van der Waals surface area contributed by atoms with Gasteiger partial charge in [0, 0.05) is 29.4 Å². The monoisotopic (exact) mass is 407 g/mol. The summed E-state index contributed by atoms with van der Waals surface area (Å²) in [4.78, 5) is 17.8. The number of nitrogens with one attached hydrogen (secondary N) is 1. The smallest absolute Gasteiger partial charge is 0.337 e. The molecule has 3 atom stereocenters. The highest BCUT2D eigenvalue weighted by molar-refractivity contribution is 6.05. The lowest BCUT2D eigenvalue weighted by atomic mass is 10.00. The minimum Gasteiger partial charge on any atom is -0.465 e. The second-order valence-corrected chi connectivity index (χ2v) is 8.93. The summed E-state index contributed by atoms with van der Waals surface area (Å²) in [6.07, 6.45) is 3.48. The normalized spacial score (nSPS) is 20.7. The van der Waals surface area contributed by atoms with Crippen molar-refractivity contribution < 1.29 is 14.6 Å². The number of nitrogens with zero attached hydrogens (tertiary/aromatic N) is 2. The van der Waals surface area contributed by atoms with Gasteiger partial charge in [0.2, 0.25) is 0 Å². The van der Waals surface area contributed by atoms with E-state index >= 15 is 0 Å². The summed E-state index contributed by atoms with van der Waals surface area (Å²) in [6.45, 7) is 6.22. The largest absolute Gasteiger partial charge is 0.465 e. The zero-order chi connectivity index (χ0) is 21.9. The number of anilines is 1. The first-order valence-corrected chi connectivity index (χ1v) is 10.3. The Labute approximate surface area is 180 Å². The first-order valence-electron chi connectivity index (χ1n) is 10.3. The number of aliphatic hydroxyl groups is 1. The summed E-state index contributed by atoms with van der Waals surface area (Å²) >= 11 is 0. The van der Waals surface area contributed by atoms with Crippen LogP contribution in [0.3, 0.4) is 0 Å². The van der Waals surface area contributed by atoms with Gasteiger partial charge >= 0.3 is 5.97 Å². The van der Waals surface area contributed by atoms with Crippen LogP contribution < -0.4 is 5.32 Å². The molecule has 0 amide bonds. The Hall–Kier alpha value is -2.38. The molecule has 2 N–H and O–H groups in total. The summed E-state index contributed by atoms with van der Waals surface area (Å²) in [7, 11) is 7.76. The average molecular weight is 407 g/mol. The van der Waals surface area contributed by atoms with Crippen molar-refractivity contribution in [2.45, 2.75) is 63.8 Å². The van der Waals surface area contributed by atoms with Crippen molar-refractivity contribution in [1.29, 1.82) is 0 Å². The second kappa shape index (κ2) is 9.19. The van der Waals surface area contributed by atoms with Gasteiger partial charge in [0.15, 0.2) is 7.98 Å². The Bertz CT molecular complexity index is 849. The van der Waals surface area contributed by atoms with Crippen molar-refractivity contribution in [2.75, 3.05) is 12.4 Å². The van der Waals surface area contributed by atoms with Gasteiger partial charge in [0.25, 0.3) is 0 Å². The first kappa shape index (κ1) is 22.3. The molecule has 3 rings (SSSR count). The van der Waals surface area contributed by atoms with Crippen molar-refractivity contribution in [1.82, 2.24) is 9.79 Å². The highest BCUT2D eigenvalue weighted by Crippen LogP contribution is 2.33. The van der Waals surface area contributed by atoms with Crippen LogP contribution in [0.25, 0.3) is 0 Å². The van der Waals surface area contributed by atoms with Crippen molar-refractivity contribution in [3.8, 4) is 0 Å². The highest BCUT2D eigenvalue weighted by Gasteiger charge is 2.35. The second-order valence-electron chi connectivity index (χ2n) is 8.93. The number of hydrogen-bond donors (Lipinski definition) is 2. The van der Waals surface area contributed by atoms with Gasteiger partial charge in [-0.3, -0.25) is 0 Å². The SMILES string of the molecule is [B]N1[C@H](Cc2ccc(C(=O)OC)cc2)CC[C@@H]1C(O)c1ccc(NC(C)(C)C)nc1. The Morgan fingerprint density at radius 2 is 1.97 bits per heavy atom. The molecule has 1 aromatic heterocycles. The molecule has 0 spiro atoms. The number of ether oxygens (including phenoxy) is 1. The number of hydrogen-bond acceptors (Lipinski definition) is 6. The predicted molar refractivity (Wildman–Crippen MR) is 118 cm³/mol. The maximum atomic E-state index is 11.6. The molecule has 2 heterocycles. The Morgan fingerprint density at radius 3 is 2.53 bits per heavy atom. The van der Waals surface area contributed by atoms with Gasteiger partial charge in [-0.05, 0) is 63.8 Å². The van der Waals surface area contributed by atoms with Gasteiger partial charge in [-0.2, -0.15) is 0 Å². The van der Waals surface area contributed by atoms with E-state index in [0.717, 1.165) is 36.2 Å². The molecule has 1 unspecified atom stereocenters. The topological polar surface area (TPSA) is 74.7 Å². The molecular formula is C23H30BN3O3. The third-order valence-electron chi connectivity index (χ3n) is 5.44. The minimum atomic E-state index is -0.696. The molecule has 7 heteroatoms. The predicted octanol–water partition coefficient (Wildman–Crippen LogP) is 3.27. The van der Waals surface area contributed by atoms with E-state index in [0.29, 0.717) is 5.56 Å². The fourth-order valence-corrected chi connectivity index (χ4v) is 3.89. The van der Waals surface area contributed by atoms with Crippen LogP contribution in [-0.4, -0.2) is 53.6 Å². The van der Waals surface area contributed by atoms with Gasteiger partial charge in [-0.25, -0.2) is 9.78 Å². The zero-order valence-electron chi connectivity index (χ0n) is 18.1. The van der Waals surface area contributed by atoms with Crippen LogP contribution in [0.2, 0.25) is 0 Å². The standard InChI is InChI=1S/C23H30BN3O3/c1-23(2,3)26-20-12-9-17(14-25-20)21(28)19-11-10-18(27(19)24)13-15-5-7-16(8-6-15)22(29)30-4/h5-9,12,14,18-19,21,28H,10-11,13H2,1-4H3,(H,25,26)/t18-,19+,21?/m0/s1. The van der Waals surface area contributed by atoms with E-state index in [-0.39, 0.29) is 23.6 Å². The quantitative estimate of drug-likeness (QED) is 0.566. The number of methoxy groups -OCH3 is 1. The van der Waals surface area contributed by atoms with Crippen molar-refractivity contribution in [2.24, 2.45) is 0 Å². The lowest BCUT2D eigenvalue weighted by molar-refractivity contribution is 0.0600. The van der Waals surface area contributed by atoms with Crippen LogP contribution in [0, 0.1) is 0 Å². The van der Waals surface area contributed by atoms with E-state index in [9.17, 15) is 9.90 Å². The number of aromatic nitrogens is 1. The zero-order valence-corrected chi connectivity index (χ0v) is 18.1. The summed E-state index contributed by atoms with van der Waals surface area (Å²) in [5, 5.41) is 14.2. The summed E-state index contributed by atoms with van der Waals surface area (Å²) in [6, 6.07) is 11.1. The van der Waals surface area contributed by atoms with Crippen LogP contribution >= 0.6 is 0 Å². The van der Waals surface area contributed by atoms with Gasteiger partial charge in [0.05, 0.1) is 18.8 Å². The third-order valence-corrected chi connectivity index (χ3v) is 5.44. The highest BCUT2D eigenvalue weighted by atomic mass is 16.5. The number of aliphatic hydroxyl groups excluding tert-OH is 1. The molecule has 0 aliphatic carbocycles. The molecule has 1 saturated heterocycles. The van der Waals surface area contributed by atoms with Crippen LogP contribution in [0.5, 0.6) is 0 Å². The van der Waals surface area contributed by atoms with Crippen LogP contribution in [0.15, 0.2) is 42.6 Å². The van der Waals surface area contributed by atoms with Gasteiger partial charge in [-0.1, -0.05) is 18.2 Å². The molecule has 1 aliphatic heterocycles. The summed E-state index contributed by atoms with van der Waals surface area (Å²) in [5.41, 5.74) is 2.31. The molecule has 1 fully saturated rings. The van der Waals surface area contributed by atoms with Crippen LogP contribution in [-0.2, 0) is 11.2 Å². The number of pyridine rings is 1. The third kappa shape index (κ3) is 5.40. The lowest BCUT2D eigenvalue weighted by Gasteiger charge is -2.30. The number of esters is 1. The minimum absolute atomic E-state index is 0.0745. The molecule has 0 saturated carbocycles. The average Bonchev–Trinajstić information content (AvgIpc) is 3.07. The summed E-state index contributed by atoms with van der Waals surface area (Å²) in [5.74, 6) is 0.436. The molecule has 2 aromatic rings. The van der Waals surface area contributed by atoms with Crippen molar-refractivity contribution in [3.63, 3.8) is 0 Å². The van der Waals surface area contributed by atoms with E-state index in [1.807, 2.05) is 24.3 Å². The van der Waals surface area contributed by atoms with Crippen LogP contribution in [0.4, 0.5) is 5.82 Å². The summed E-state index contributed by atoms with van der Waals surface area (Å²) < 4.78 is 4.74. The van der Waals surface area contributed by atoms with Crippen LogP contribution in [0.1, 0.15) is 61.2 Å². The number of carbonyl (C=O) groups is 1. The van der Waals surface area contributed by atoms with E-state index in [4.69, 9.17) is 12.7 Å². The number of benzene rings is 1. The molecular weight excluding hydrogens is 377 g/mol. The maximum absolute atomic E-state index is 11.6. The molecule has 1 aromatic carbocycles. The maximum Gasteiger partial charge on any atom is 0.337 e. The molecule has 0 bridgehead atoms. The van der Waals surface area contributed by atoms with E-state index < -0.39 is 6.10 Å². The lowest BCUT2D eigenvalue weighted by Crippen LogP contribution is -2.38. The fraction of sp³-hybridized carbons (Fsp3) is 0.478. The van der Waals surface area contributed by atoms with Gasteiger partial charge < -0.3 is 20.0 Å². The number of rotatable bonds is 6. The Kier molecular flexibility index (Phi) is 6.83. The molecule has 158 valence electrons. The first-order chi connectivity index (χ1) is 14.2. The van der Waals surface area contributed by atoms with Gasteiger partial charge in [-0.15, -0.1) is 0 Å². The molecule has 6 nitrogen and oxygen atoms in total. The molecule has 2 radical (unpaired) electrons. The van der Waals surface area contributed by atoms with Gasteiger partial charge in [0.1, 0.15) is 5.82 Å². The fourth-order valence-electron chi connectivity index (χ4n) is 3.89. The van der Waals surface area contributed by atoms with Crippen molar-refractivity contribution in [3.05, 3.63) is 59.3 Å². The molecule has 1 aliphatic rings. The van der Waals surface area contributed by atoms with E-state index in [2.05, 4.69) is 31.1 Å². The van der Waals surface area contributed by atoms with E-state index in [1.165, 1.54) is 7.11 Å². The van der Waals surface area contributed by atoms with E-state index in [1.54, 1.807) is 23.1 Å². The Morgan fingerprint density at radius 1 is 1.27 bits per heavy atom. The van der Waals surface area contributed by atoms with Crippen molar-refractivity contribution >= 4 is 19.8 Å². The Balaban J connectivity index is 1.61.